The van der Waals surface area contributed by atoms with Crippen LogP contribution in [0.25, 0.3) is 0 Å². The second-order valence-corrected chi connectivity index (χ2v) is 6.69. The lowest BCUT2D eigenvalue weighted by Crippen LogP contribution is -2.44. The Morgan fingerprint density at radius 3 is 2.43 bits per heavy atom. The molecule has 0 aromatic carbocycles. The third kappa shape index (κ3) is 10.7. The first-order valence-electron chi connectivity index (χ1n) is 8.74. The lowest BCUT2D eigenvalue weighted by atomic mass is 9.95. The Labute approximate surface area is 132 Å². The zero-order valence-corrected chi connectivity index (χ0v) is 14.9. The van der Waals surface area contributed by atoms with E-state index in [2.05, 4.69) is 39.1 Å². The molecule has 0 saturated heterocycles. The summed E-state index contributed by atoms with van der Waals surface area (Å²) in [5, 5.41) is 12.6. The van der Waals surface area contributed by atoms with Gasteiger partial charge in [-0.2, -0.15) is 5.26 Å². The molecule has 0 amide bonds. The van der Waals surface area contributed by atoms with E-state index in [4.69, 9.17) is 4.74 Å². The van der Waals surface area contributed by atoms with Crippen molar-refractivity contribution in [1.82, 2.24) is 5.32 Å². The molecule has 0 aromatic heterocycles. The molecular weight excluding hydrogens is 260 g/mol. The summed E-state index contributed by atoms with van der Waals surface area (Å²) in [4.78, 5) is 0. The van der Waals surface area contributed by atoms with Gasteiger partial charge in [-0.05, 0) is 52.4 Å². The maximum Gasteiger partial charge on any atom is 0.104 e. The topological polar surface area (TPSA) is 45.0 Å². The fourth-order valence-corrected chi connectivity index (χ4v) is 2.63. The summed E-state index contributed by atoms with van der Waals surface area (Å²) < 4.78 is 5.81. The largest absolute Gasteiger partial charge is 0.381 e. The Bertz CT molecular complexity index is 285. The maximum atomic E-state index is 9.28. The van der Waals surface area contributed by atoms with E-state index < -0.39 is 5.54 Å². The first-order valence-corrected chi connectivity index (χ1v) is 8.74. The van der Waals surface area contributed by atoms with Crippen LogP contribution in [0.4, 0.5) is 0 Å². The quantitative estimate of drug-likeness (QED) is 0.502. The second kappa shape index (κ2) is 12.0. The standard InChI is InChI=1S/C18H36N2O/c1-6-8-11-17(7-2)14-21-13-10-9-12-18(5,15-19)20-16(3)4/h16-17,20H,6-14H2,1-5H3. The summed E-state index contributed by atoms with van der Waals surface area (Å²) in [6.45, 7) is 12.4. The van der Waals surface area contributed by atoms with Gasteiger partial charge in [0.2, 0.25) is 0 Å². The second-order valence-electron chi connectivity index (χ2n) is 6.69. The van der Waals surface area contributed by atoms with E-state index in [0.29, 0.717) is 6.04 Å². The number of nitrogens with zero attached hydrogens (tertiary/aromatic N) is 1. The van der Waals surface area contributed by atoms with Crippen molar-refractivity contribution in [3.05, 3.63) is 0 Å². The van der Waals surface area contributed by atoms with Crippen LogP contribution in [-0.2, 0) is 4.74 Å². The Morgan fingerprint density at radius 1 is 1.19 bits per heavy atom. The zero-order valence-electron chi connectivity index (χ0n) is 14.9. The van der Waals surface area contributed by atoms with Crippen molar-refractivity contribution in [3.63, 3.8) is 0 Å². The van der Waals surface area contributed by atoms with E-state index >= 15 is 0 Å². The highest BCUT2D eigenvalue weighted by atomic mass is 16.5. The maximum absolute atomic E-state index is 9.28. The van der Waals surface area contributed by atoms with E-state index in [1.165, 1.54) is 25.7 Å². The van der Waals surface area contributed by atoms with Crippen LogP contribution < -0.4 is 5.32 Å². The molecule has 0 bridgehead atoms. The van der Waals surface area contributed by atoms with Gasteiger partial charge in [0.15, 0.2) is 0 Å². The minimum atomic E-state index is -0.402. The lowest BCUT2D eigenvalue weighted by Gasteiger charge is -2.25. The van der Waals surface area contributed by atoms with Gasteiger partial charge in [0, 0.05) is 19.3 Å². The van der Waals surface area contributed by atoms with Crippen molar-refractivity contribution >= 4 is 0 Å². The molecule has 1 N–H and O–H groups in total. The number of nitrogens with one attached hydrogen (secondary N) is 1. The highest BCUT2D eigenvalue weighted by Crippen LogP contribution is 2.15. The van der Waals surface area contributed by atoms with Crippen molar-refractivity contribution in [3.8, 4) is 6.07 Å². The highest BCUT2D eigenvalue weighted by molar-refractivity contribution is 5.04. The van der Waals surface area contributed by atoms with Crippen molar-refractivity contribution in [2.24, 2.45) is 5.92 Å². The number of ether oxygens (including phenoxy) is 1. The predicted molar refractivity (Wildman–Crippen MR) is 90.3 cm³/mol. The van der Waals surface area contributed by atoms with Crippen LogP contribution >= 0.6 is 0 Å². The normalized spacial score (nSPS) is 15.7. The molecule has 0 aromatic rings. The molecule has 0 saturated carbocycles. The van der Waals surface area contributed by atoms with E-state index in [-0.39, 0.29) is 0 Å². The Balaban J connectivity index is 3.73. The molecule has 0 heterocycles. The van der Waals surface area contributed by atoms with Gasteiger partial charge in [-0.1, -0.05) is 33.1 Å². The molecule has 0 rings (SSSR count). The molecule has 2 unspecified atom stereocenters. The van der Waals surface area contributed by atoms with Crippen molar-refractivity contribution < 1.29 is 4.74 Å². The Morgan fingerprint density at radius 2 is 1.90 bits per heavy atom. The van der Waals surface area contributed by atoms with Crippen LogP contribution in [0, 0.1) is 17.2 Å². The van der Waals surface area contributed by atoms with Crippen LogP contribution in [0.2, 0.25) is 0 Å². The monoisotopic (exact) mass is 296 g/mol. The molecule has 2 atom stereocenters. The molecule has 0 radical (unpaired) electrons. The zero-order chi connectivity index (χ0) is 16.1. The number of hydrogen-bond donors (Lipinski definition) is 1. The summed E-state index contributed by atoms with van der Waals surface area (Å²) >= 11 is 0. The first kappa shape index (κ1) is 20.4. The predicted octanol–water partition coefficient (Wildman–Crippen LogP) is 4.67. The number of hydrogen-bond acceptors (Lipinski definition) is 3. The van der Waals surface area contributed by atoms with Crippen LogP contribution in [0.15, 0.2) is 0 Å². The van der Waals surface area contributed by atoms with Crippen LogP contribution in [0.3, 0.4) is 0 Å². The smallest absolute Gasteiger partial charge is 0.104 e. The lowest BCUT2D eigenvalue weighted by molar-refractivity contribution is 0.0900. The van der Waals surface area contributed by atoms with Gasteiger partial charge < -0.3 is 4.74 Å². The van der Waals surface area contributed by atoms with Gasteiger partial charge in [0.25, 0.3) is 0 Å². The molecule has 3 nitrogen and oxygen atoms in total. The van der Waals surface area contributed by atoms with E-state index in [1.807, 2.05) is 6.92 Å². The van der Waals surface area contributed by atoms with E-state index in [1.54, 1.807) is 0 Å². The molecule has 21 heavy (non-hydrogen) atoms. The van der Waals surface area contributed by atoms with Gasteiger partial charge in [-0.15, -0.1) is 0 Å². The Hall–Kier alpha value is -0.590. The minimum Gasteiger partial charge on any atom is -0.381 e. The summed E-state index contributed by atoms with van der Waals surface area (Å²) in [6.07, 6.45) is 8.05. The number of nitriles is 1. The minimum absolute atomic E-state index is 0.342. The van der Waals surface area contributed by atoms with E-state index in [0.717, 1.165) is 38.4 Å². The SMILES string of the molecule is CCCCC(CC)COCCCCC(C)(C#N)NC(C)C. The third-order valence-electron chi connectivity index (χ3n) is 3.97. The highest BCUT2D eigenvalue weighted by Gasteiger charge is 2.23. The summed E-state index contributed by atoms with van der Waals surface area (Å²) in [5.41, 5.74) is -0.402. The molecule has 124 valence electrons. The number of unbranched alkanes of at least 4 members (excludes halogenated alkanes) is 2. The fourth-order valence-electron chi connectivity index (χ4n) is 2.63. The van der Waals surface area contributed by atoms with E-state index in [9.17, 15) is 5.26 Å². The van der Waals surface area contributed by atoms with Crippen molar-refractivity contribution in [2.75, 3.05) is 13.2 Å². The van der Waals surface area contributed by atoms with Crippen LogP contribution in [0.1, 0.15) is 79.6 Å². The molecule has 3 heteroatoms. The summed E-state index contributed by atoms with van der Waals surface area (Å²) in [5.74, 6) is 0.719. The van der Waals surface area contributed by atoms with Crippen LogP contribution in [0.5, 0.6) is 0 Å². The molecule has 0 aliphatic carbocycles. The van der Waals surface area contributed by atoms with Crippen LogP contribution in [-0.4, -0.2) is 24.8 Å². The molecule has 0 aliphatic heterocycles. The average molecular weight is 296 g/mol. The van der Waals surface area contributed by atoms with Gasteiger partial charge in [0.1, 0.15) is 5.54 Å². The van der Waals surface area contributed by atoms with Gasteiger partial charge in [0.05, 0.1) is 6.07 Å². The first-order chi connectivity index (χ1) is 9.97. The summed E-state index contributed by atoms with van der Waals surface area (Å²) in [6, 6.07) is 2.74. The molecular formula is C18H36N2O. The van der Waals surface area contributed by atoms with Crippen molar-refractivity contribution in [1.29, 1.82) is 5.26 Å². The molecule has 0 spiro atoms. The molecule has 0 aliphatic rings. The third-order valence-corrected chi connectivity index (χ3v) is 3.97. The average Bonchev–Trinajstić information content (AvgIpc) is 2.45. The van der Waals surface area contributed by atoms with Gasteiger partial charge >= 0.3 is 0 Å². The van der Waals surface area contributed by atoms with Gasteiger partial charge in [-0.25, -0.2) is 0 Å². The number of rotatable bonds is 13. The molecule has 0 fully saturated rings. The Kier molecular flexibility index (Phi) is 11.7. The summed E-state index contributed by atoms with van der Waals surface area (Å²) in [7, 11) is 0. The fraction of sp³-hybridized carbons (Fsp3) is 0.944. The van der Waals surface area contributed by atoms with Gasteiger partial charge in [-0.3, -0.25) is 5.32 Å². The van der Waals surface area contributed by atoms with Crippen molar-refractivity contribution in [2.45, 2.75) is 91.1 Å².